The Balaban J connectivity index is 1.82. The number of rotatable bonds is 9. The zero-order chi connectivity index (χ0) is 19.8. The summed E-state index contributed by atoms with van der Waals surface area (Å²) in [6.45, 7) is 4.02. The number of carbonyl (C=O) groups excluding carboxylic acids is 2. The molecule has 3 N–H and O–H groups in total. The van der Waals surface area contributed by atoms with Gasteiger partial charge in [0.1, 0.15) is 6.54 Å². The molecule has 1 atom stereocenters. The number of carboxylic acids is 1. The van der Waals surface area contributed by atoms with Crippen LogP contribution < -0.4 is 10.6 Å². The van der Waals surface area contributed by atoms with Crippen molar-refractivity contribution in [2.24, 2.45) is 11.8 Å². The van der Waals surface area contributed by atoms with Crippen LogP contribution in [-0.2, 0) is 16.1 Å². The maximum absolute atomic E-state index is 12.2. The summed E-state index contributed by atoms with van der Waals surface area (Å²) in [5, 5.41) is 18.9. The molecule has 0 saturated heterocycles. The molecule has 1 aliphatic rings. The van der Waals surface area contributed by atoms with Crippen molar-refractivity contribution < 1.29 is 19.5 Å². The zero-order valence-corrected chi connectivity index (χ0v) is 16.1. The van der Waals surface area contributed by atoms with Crippen molar-refractivity contribution in [2.45, 2.75) is 65.0 Å². The summed E-state index contributed by atoms with van der Waals surface area (Å²) in [6, 6.07) is 0.235. The summed E-state index contributed by atoms with van der Waals surface area (Å²) in [4.78, 5) is 35.6. The number of nitrogens with one attached hydrogen (secondary N) is 2. The number of nitrogens with zero attached hydrogens (tertiary/aromatic N) is 2. The Morgan fingerprint density at radius 2 is 1.96 bits per heavy atom. The number of aliphatic carboxylic acids is 1. The van der Waals surface area contributed by atoms with Gasteiger partial charge in [-0.2, -0.15) is 5.10 Å². The largest absolute Gasteiger partial charge is 0.481 e. The van der Waals surface area contributed by atoms with Crippen LogP contribution in [0.3, 0.4) is 0 Å². The summed E-state index contributed by atoms with van der Waals surface area (Å²) in [5.74, 6) is -1.80. The Hall–Kier alpha value is -2.38. The van der Waals surface area contributed by atoms with Crippen molar-refractivity contribution in [3.05, 3.63) is 18.0 Å². The van der Waals surface area contributed by atoms with Crippen LogP contribution in [0.15, 0.2) is 12.4 Å². The van der Waals surface area contributed by atoms with Gasteiger partial charge >= 0.3 is 5.97 Å². The van der Waals surface area contributed by atoms with Gasteiger partial charge in [0.2, 0.25) is 5.91 Å². The van der Waals surface area contributed by atoms with E-state index in [4.69, 9.17) is 0 Å². The van der Waals surface area contributed by atoms with Gasteiger partial charge < -0.3 is 15.7 Å². The van der Waals surface area contributed by atoms with Crippen molar-refractivity contribution in [3.8, 4) is 0 Å². The van der Waals surface area contributed by atoms with Gasteiger partial charge in [-0.15, -0.1) is 0 Å². The van der Waals surface area contributed by atoms with Crippen LogP contribution in [0.25, 0.3) is 0 Å². The van der Waals surface area contributed by atoms with Crippen LogP contribution in [0.4, 0.5) is 0 Å². The molecule has 2 amide bonds. The topological polar surface area (TPSA) is 113 Å². The van der Waals surface area contributed by atoms with E-state index in [9.17, 15) is 19.5 Å². The molecule has 2 rings (SSSR count). The van der Waals surface area contributed by atoms with Gasteiger partial charge in [0.15, 0.2) is 0 Å². The highest BCUT2D eigenvalue weighted by Gasteiger charge is 2.21. The first kappa shape index (κ1) is 20.9. The third-order valence-corrected chi connectivity index (χ3v) is 4.79. The average Bonchev–Trinajstić information content (AvgIpc) is 3.07. The lowest BCUT2D eigenvalue weighted by Crippen LogP contribution is -2.38. The van der Waals surface area contributed by atoms with Crippen molar-refractivity contribution in [1.29, 1.82) is 0 Å². The number of carbonyl (C=O) groups is 3. The Labute approximate surface area is 159 Å². The SMILES string of the molecule is CC(C)CC(CNC(=O)c1cnn(CC(=O)NC2CCCCC2)c1)C(=O)O. The van der Waals surface area contributed by atoms with Gasteiger partial charge in [0.25, 0.3) is 5.91 Å². The monoisotopic (exact) mass is 378 g/mol. The van der Waals surface area contributed by atoms with E-state index >= 15 is 0 Å². The number of hydrogen-bond donors (Lipinski definition) is 3. The highest BCUT2D eigenvalue weighted by atomic mass is 16.4. The van der Waals surface area contributed by atoms with E-state index in [1.807, 2.05) is 13.8 Å². The van der Waals surface area contributed by atoms with E-state index in [2.05, 4.69) is 15.7 Å². The summed E-state index contributed by atoms with van der Waals surface area (Å²) < 4.78 is 1.43. The molecule has 1 fully saturated rings. The van der Waals surface area contributed by atoms with Gasteiger partial charge in [-0.05, 0) is 25.2 Å². The van der Waals surface area contributed by atoms with Crippen molar-refractivity contribution in [3.63, 3.8) is 0 Å². The molecule has 1 aromatic rings. The Morgan fingerprint density at radius 1 is 1.26 bits per heavy atom. The molecule has 0 radical (unpaired) electrons. The van der Waals surface area contributed by atoms with Crippen LogP contribution in [0, 0.1) is 11.8 Å². The van der Waals surface area contributed by atoms with Crippen molar-refractivity contribution in [1.82, 2.24) is 20.4 Å². The summed E-state index contributed by atoms with van der Waals surface area (Å²) in [5.41, 5.74) is 0.314. The smallest absolute Gasteiger partial charge is 0.308 e. The fraction of sp³-hybridized carbons (Fsp3) is 0.684. The zero-order valence-electron chi connectivity index (χ0n) is 16.1. The molecule has 0 aromatic carbocycles. The van der Waals surface area contributed by atoms with Crippen LogP contribution in [0.1, 0.15) is 62.7 Å². The van der Waals surface area contributed by atoms with Gasteiger partial charge in [-0.25, -0.2) is 0 Å². The minimum atomic E-state index is -0.918. The van der Waals surface area contributed by atoms with E-state index in [1.54, 1.807) is 0 Å². The van der Waals surface area contributed by atoms with Gasteiger partial charge in [0, 0.05) is 18.8 Å². The number of hydrogen-bond acceptors (Lipinski definition) is 4. The predicted molar refractivity (Wildman–Crippen MR) is 100 cm³/mol. The van der Waals surface area contributed by atoms with Gasteiger partial charge in [0.05, 0.1) is 17.7 Å². The molecule has 27 heavy (non-hydrogen) atoms. The molecule has 1 unspecified atom stereocenters. The van der Waals surface area contributed by atoms with Gasteiger partial charge in [-0.3, -0.25) is 19.1 Å². The highest BCUT2D eigenvalue weighted by Crippen LogP contribution is 2.17. The molecule has 150 valence electrons. The standard InChI is InChI=1S/C19H30N4O4/c1-13(2)8-14(19(26)27)9-20-18(25)15-10-21-23(11-15)12-17(24)22-16-6-4-3-5-7-16/h10-11,13-14,16H,3-9,12H2,1-2H3,(H,20,25)(H,22,24)(H,26,27). The van der Waals surface area contributed by atoms with E-state index in [-0.39, 0.29) is 36.9 Å². The molecule has 0 spiro atoms. The molecule has 1 aromatic heterocycles. The highest BCUT2D eigenvalue weighted by molar-refractivity contribution is 5.94. The average molecular weight is 378 g/mol. The summed E-state index contributed by atoms with van der Waals surface area (Å²) >= 11 is 0. The minimum absolute atomic E-state index is 0.0644. The van der Waals surface area contributed by atoms with Crippen molar-refractivity contribution in [2.75, 3.05) is 6.54 Å². The van der Waals surface area contributed by atoms with Crippen LogP contribution in [0.2, 0.25) is 0 Å². The fourth-order valence-corrected chi connectivity index (χ4v) is 3.39. The Kier molecular flexibility index (Phi) is 7.82. The summed E-state index contributed by atoms with van der Waals surface area (Å²) in [6.07, 6.45) is 8.94. The molecular formula is C19H30N4O4. The molecule has 1 heterocycles. The second-order valence-electron chi connectivity index (χ2n) is 7.70. The lowest BCUT2D eigenvalue weighted by Gasteiger charge is -2.22. The molecule has 0 aliphatic heterocycles. The first-order chi connectivity index (χ1) is 12.8. The normalized spacial score (nSPS) is 16.1. The maximum Gasteiger partial charge on any atom is 0.308 e. The third kappa shape index (κ3) is 7.03. The predicted octanol–water partition coefficient (Wildman–Crippen LogP) is 1.81. The Bertz CT molecular complexity index is 650. The van der Waals surface area contributed by atoms with Crippen LogP contribution in [0.5, 0.6) is 0 Å². The third-order valence-electron chi connectivity index (χ3n) is 4.79. The lowest BCUT2D eigenvalue weighted by molar-refractivity contribution is -0.142. The van der Waals surface area contributed by atoms with Crippen LogP contribution >= 0.6 is 0 Å². The maximum atomic E-state index is 12.2. The van der Waals surface area contributed by atoms with E-state index in [0.29, 0.717) is 12.0 Å². The van der Waals surface area contributed by atoms with E-state index in [1.165, 1.54) is 23.5 Å². The number of aromatic nitrogens is 2. The van der Waals surface area contributed by atoms with Crippen LogP contribution in [-0.4, -0.2) is 45.3 Å². The molecular weight excluding hydrogens is 348 g/mol. The Morgan fingerprint density at radius 3 is 2.59 bits per heavy atom. The second kappa shape index (κ2) is 10.1. The second-order valence-corrected chi connectivity index (χ2v) is 7.70. The molecule has 1 aliphatic carbocycles. The van der Waals surface area contributed by atoms with E-state index in [0.717, 1.165) is 25.7 Å². The minimum Gasteiger partial charge on any atom is -0.481 e. The molecule has 8 heteroatoms. The van der Waals surface area contributed by atoms with Gasteiger partial charge in [-0.1, -0.05) is 33.1 Å². The number of amides is 2. The lowest BCUT2D eigenvalue weighted by atomic mass is 9.95. The molecule has 8 nitrogen and oxygen atoms in total. The number of carboxylic acid groups (broad SMARTS) is 1. The first-order valence-corrected chi connectivity index (χ1v) is 9.68. The molecule has 0 bridgehead atoms. The fourth-order valence-electron chi connectivity index (χ4n) is 3.39. The van der Waals surface area contributed by atoms with E-state index < -0.39 is 11.9 Å². The molecule has 1 saturated carbocycles. The van der Waals surface area contributed by atoms with Crippen molar-refractivity contribution >= 4 is 17.8 Å². The first-order valence-electron chi connectivity index (χ1n) is 9.68. The summed E-state index contributed by atoms with van der Waals surface area (Å²) in [7, 11) is 0. The quantitative estimate of drug-likeness (QED) is 0.606.